The Labute approximate surface area is 322 Å². The fourth-order valence-electron chi connectivity index (χ4n) is 6.19. The molecule has 52 heavy (non-hydrogen) atoms. The number of benzene rings is 2. The lowest BCUT2D eigenvalue weighted by Crippen LogP contribution is -2.36. The van der Waals surface area contributed by atoms with Gasteiger partial charge in [0.15, 0.2) is 6.54 Å². The zero-order valence-electron chi connectivity index (χ0n) is 30.0. The lowest BCUT2D eigenvalue weighted by Gasteiger charge is -2.22. The standard InChI is InChI=1S/C30H30N2O7S6.C6H15N/c1-3-19(16-26-31(10-4-14-44(33,34)35)28-21-9-12-40-23(21)6-7-24(28)42-26)17-27-32(11-5-15-45(36,37)38)29-25(43-27)18-22(39-2)20-8-13-41-30(20)29;1-4-7(5-2)6-3/h6-9,12-13,16-18H,3-5,10-11,14-15H2,1-2H3,(H-,33,34,35,36,37,38);4-6H2,1-3H3. The van der Waals surface area contributed by atoms with Crippen molar-refractivity contribution in [2.75, 3.05) is 49.7 Å². The summed E-state index contributed by atoms with van der Waals surface area (Å²) < 4.78 is 77.9. The van der Waals surface area contributed by atoms with Crippen molar-refractivity contribution in [2.24, 2.45) is 0 Å². The van der Waals surface area contributed by atoms with Crippen LogP contribution in [0.25, 0.3) is 36.5 Å². The van der Waals surface area contributed by atoms with Gasteiger partial charge < -0.3 is 19.1 Å². The number of hydrogen-bond donors (Lipinski definition) is 1. The van der Waals surface area contributed by atoms with Gasteiger partial charge in [-0.15, -0.1) is 22.7 Å². The minimum atomic E-state index is -4.35. The monoisotopic (exact) mass is 823 g/mol. The first-order valence-corrected chi connectivity index (χ1v) is 23.8. The Hall–Kier alpha value is -2.54. The SMILES string of the molecule is CCC(/C=C1\Sc2cc(OC)c3ccsc3c2N1CCCS(=O)(=O)[O-])=C\c1sc2ccc3sccc3c2[n+]1CCCS(=O)(=O)O.CCN(CC)CC. The zero-order valence-corrected chi connectivity index (χ0v) is 34.9. The number of methoxy groups -OCH3 is 1. The average molecular weight is 824 g/mol. The molecule has 1 aliphatic heterocycles. The number of aromatic nitrogens is 1. The molecule has 0 radical (unpaired) electrons. The van der Waals surface area contributed by atoms with E-state index in [1.165, 1.54) is 19.6 Å². The number of fused-ring (bicyclic) bond motifs is 6. The molecule has 0 atom stereocenters. The van der Waals surface area contributed by atoms with Crippen LogP contribution in [0.2, 0.25) is 0 Å². The number of thiophene rings is 2. The predicted molar refractivity (Wildman–Crippen MR) is 219 cm³/mol. The van der Waals surface area contributed by atoms with Gasteiger partial charge in [-0.3, -0.25) is 4.55 Å². The molecule has 0 unspecified atom stereocenters. The van der Waals surface area contributed by atoms with Gasteiger partial charge in [0.25, 0.3) is 15.1 Å². The van der Waals surface area contributed by atoms with Gasteiger partial charge in [-0.2, -0.15) is 13.0 Å². The van der Waals surface area contributed by atoms with Crippen molar-refractivity contribution in [3.05, 3.63) is 62.8 Å². The molecule has 0 amide bonds. The smallest absolute Gasteiger partial charge is 0.265 e. The second-order valence-electron chi connectivity index (χ2n) is 12.1. The van der Waals surface area contributed by atoms with Crippen molar-refractivity contribution in [2.45, 2.75) is 58.4 Å². The lowest BCUT2D eigenvalue weighted by atomic mass is 10.1. The summed E-state index contributed by atoms with van der Waals surface area (Å²) in [5.74, 6) is -0.00335. The third kappa shape index (κ3) is 9.76. The molecule has 2 aromatic carbocycles. The first-order chi connectivity index (χ1) is 24.8. The molecule has 6 rings (SSSR count). The van der Waals surface area contributed by atoms with E-state index in [9.17, 15) is 25.9 Å². The van der Waals surface area contributed by atoms with Crippen LogP contribution in [0.1, 0.15) is 52.0 Å². The summed E-state index contributed by atoms with van der Waals surface area (Å²) in [6.45, 7) is 13.0. The zero-order chi connectivity index (χ0) is 37.6. The largest absolute Gasteiger partial charge is 0.748 e. The van der Waals surface area contributed by atoms with Crippen molar-refractivity contribution in [3.8, 4) is 5.75 Å². The van der Waals surface area contributed by atoms with E-state index in [4.69, 9.17) is 4.74 Å². The maximum Gasteiger partial charge on any atom is 0.265 e. The Balaban J connectivity index is 0.000000679. The van der Waals surface area contributed by atoms with Crippen LogP contribution in [0.15, 0.2) is 62.7 Å². The van der Waals surface area contributed by atoms with Gasteiger partial charge in [0.1, 0.15) is 10.4 Å². The van der Waals surface area contributed by atoms with Crippen LogP contribution in [0.5, 0.6) is 5.75 Å². The molecule has 0 saturated heterocycles. The summed E-state index contributed by atoms with van der Waals surface area (Å²) >= 11 is 6.45. The van der Waals surface area contributed by atoms with E-state index in [2.05, 4.69) is 72.4 Å². The summed E-state index contributed by atoms with van der Waals surface area (Å²) in [5.41, 5.74) is 3.05. The minimum absolute atomic E-state index is 0.188. The molecular formula is C36H45N3O7S6. The summed E-state index contributed by atoms with van der Waals surface area (Å²) in [7, 11) is -6.80. The highest BCUT2D eigenvalue weighted by molar-refractivity contribution is 8.03. The Bertz CT molecular complexity index is 2300. The van der Waals surface area contributed by atoms with Crippen LogP contribution in [-0.4, -0.2) is 75.6 Å². The Morgan fingerprint density at radius 1 is 0.962 bits per heavy atom. The molecule has 0 aliphatic carbocycles. The molecule has 10 nitrogen and oxygen atoms in total. The third-order valence-electron chi connectivity index (χ3n) is 8.86. The molecule has 3 aromatic heterocycles. The fraction of sp³-hybridized carbons (Fsp3) is 0.417. The number of rotatable bonds is 15. The van der Waals surface area contributed by atoms with E-state index >= 15 is 0 Å². The number of thioether (sulfide) groups is 1. The van der Waals surface area contributed by atoms with Gasteiger partial charge in [-0.25, -0.2) is 8.42 Å². The number of anilines is 1. The summed E-state index contributed by atoms with van der Waals surface area (Å²) in [4.78, 5) is 5.47. The van der Waals surface area contributed by atoms with Crippen LogP contribution in [0.4, 0.5) is 5.69 Å². The minimum Gasteiger partial charge on any atom is -0.748 e. The van der Waals surface area contributed by atoms with Crippen LogP contribution in [0, 0.1) is 0 Å². The number of hydrogen-bond acceptors (Lipinski definition) is 12. The maximum absolute atomic E-state index is 11.5. The van der Waals surface area contributed by atoms with Gasteiger partial charge in [-0.05, 0) is 85.2 Å². The fourth-order valence-corrected chi connectivity index (χ4v) is 11.4. The average Bonchev–Trinajstić information content (AvgIpc) is 3.89. The molecule has 4 heterocycles. The summed E-state index contributed by atoms with van der Waals surface area (Å²) in [5, 5.41) is 8.01. The van der Waals surface area contributed by atoms with E-state index in [1.807, 2.05) is 22.9 Å². The summed E-state index contributed by atoms with van der Waals surface area (Å²) in [6, 6.07) is 10.3. The lowest BCUT2D eigenvalue weighted by molar-refractivity contribution is -0.667. The highest BCUT2D eigenvalue weighted by Crippen LogP contribution is 2.53. The van der Waals surface area contributed by atoms with Crippen LogP contribution < -0.4 is 14.2 Å². The molecule has 1 N–H and O–H groups in total. The topological polar surface area (TPSA) is 131 Å². The Kier molecular flexibility index (Phi) is 13.9. The molecule has 282 valence electrons. The normalized spacial score (nSPS) is 14.6. The highest BCUT2D eigenvalue weighted by Gasteiger charge is 2.30. The van der Waals surface area contributed by atoms with Gasteiger partial charge in [-0.1, -0.05) is 50.8 Å². The number of thiazole rings is 1. The van der Waals surface area contributed by atoms with Crippen molar-refractivity contribution >= 4 is 108 Å². The van der Waals surface area contributed by atoms with E-state index in [0.29, 0.717) is 19.5 Å². The molecule has 0 spiro atoms. The van der Waals surface area contributed by atoms with Crippen LogP contribution in [0.3, 0.4) is 0 Å². The van der Waals surface area contributed by atoms with Gasteiger partial charge in [0.2, 0.25) is 5.52 Å². The predicted octanol–water partition coefficient (Wildman–Crippen LogP) is 8.44. The van der Waals surface area contributed by atoms with Gasteiger partial charge in [0, 0.05) is 39.8 Å². The number of aryl methyl sites for hydroxylation is 1. The number of ether oxygens (including phenoxy) is 1. The summed E-state index contributed by atoms with van der Waals surface area (Å²) in [6.07, 6.45) is 5.38. The second kappa shape index (κ2) is 17.7. The first kappa shape index (κ1) is 40.6. The highest BCUT2D eigenvalue weighted by atomic mass is 32.2. The van der Waals surface area contributed by atoms with Crippen LogP contribution in [-0.2, 0) is 26.8 Å². The number of allylic oxidation sites excluding steroid dienone is 2. The van der Waals surface area contributed by atoms with E-state index < -0.39 is 26.0 Å². The Morgan fingerprint density at radius 2 is 1.65 bits per heavy atom. The molecule has 1 aliphatic rings. The van der Waals surface area contributed by atoms with Gasteiger partial charge >= 0.3 is 0 Å². The molecule has 0 fully saturated rings. The van der Waals surface area contributed by atoms with E-state index in [1.54, 1.807) is 52.9 Å². The number of nitrogens with zero attached hydrogens (tertiary/aromatic N) is 3. The van der Waals surface area contributed by atoms with E-state index in [0.717, 1.165) is 62.3 Å². The Morgan fingerprint density at radius 3 is 2.29 bits per heavy atom. The molecular weight excluding hydrogens is 779 g/mol. The van der Waals surface area contributed by atoms with E-state index in [-0.39, 0.29) is 18.6 Å². The molecule has 5 aromatic rings. The quantitative estimate of drug-likeness (QED) is 0.0811. The van der Waals surface area contributed by atoms with Crippen molar-refractivity contribution < 1.29 is 35.2 Å². The maximum atomic E-state index is 11.5. The van der Waals surface area contributed by atoms with Crippen molar-refractivity contribution in [3.63, 3.8) is 0 Å². The molecule has 0 bridgehead atoms. The van der Waals surface area contributed by atoms with Crippen molar-refractivity contribution in [1.29, 1.82) is 0 Å². The third-order valence-corrected chi connectivity index (χ3v) is 14.4. The first-order valence-electron chi connectivity index (χ1n) is 17.2. The van der Waals surface area contributed by atoms with Crippen molar-refractivity contribution in [1.82, 2.24) is 4.90 Å². The second-order valence-corrected chi connectivity index (χ2v) is 19.2. The van der Waals surface area contributed by atoms with Crippen LogP contribution >= 0.6 is 45.8 Å². The molecule has 16 heteroatoms. The van der Waals surface area contributed by atoms with Gasteiger partial charge in [0.05, 0.1) is 43.8 Å². The molecule has 0 saturated carbocycles.